The first-order valence-corrected chi connectivity index (χ1v) is 10.9. The number of amidine groups is 1. The molecule has 6 nitrogen and oxygen atoms in total. The lowest BCUT2D eigenvalue weighted by Crippen LogP contribution is -2.51. The predicted octanol–water partition coefficient (Wildman–Crippen LogP) is 3.76. The first kappa shape index (κ1) is 20.7. The summed E-state index contributed by atoms with van der Waals surface area (Å²) in [5, 5.41) is 11.8. The summed E-state index contributed by atoms with van der Waals surface area (Å²) in [6, 6.07) is 25.3. The van der Waals surface area contributed by atoms with Gasteiger partial charge in [0.25, 0.3) is 5.91 Å². The zero-order chi connectivity index (χ0) is 22.9. The fourth-order valence-corrected chi connectivity index (χ4v) is 4.34. The molecule has 0 saturated carbocycles. The molecule has 3 N–H and O–H groups in total. The van der Waals surface area contributed by atoms with Gasteiger partial charge in [0.2, 0.25) is 5.91 Å². The molecule has 0 atom stereocenters. The van der Waals surface area contributed by atoms with Crippen LogP contribution in [0.15, 0.2) is 78.9 Å². The van der Waals surface area contributed by atoms with Crippen LogP contribution >= 0.6 is 0 Å². The molecule has 164 valence electrons. The lowest BCUT2D eigenvalue weighted by atomic mass is 10.0. The van der Waals surface area contributed by atoms with Gasteiger partial charge in [-0.3, -0.25) is 15.0 Å². The third-order valence-electron chi connectivity index (χ3n) is 6.19. The molecular formula is C27H24N4O2. The van der Waals surface area contributed by atoms with Crippen molar-refractivity contribution in [3.8, 4) is 0 Å². The third-order valence-corrected chi connectivity index (χ3v) is 6.19. The van der Waals surface area contributed by atoms with E-state index < -0.39 is 0 Å². The number of fused-ring (bicyclic) bond motifs is 2. The molecule has 6 heteroatoms. The van der Waals surface area contributed by atoms with Crippen LogP contribution in [0.1, 0.15) is 21.5 Å². The summed E-state index contributed by atoms with van der Waals surface area (Å²) in [7, 11) is 0. The van der Waals surface area contributed by atoms with Crippen molar-refractivity contribution in [3.05, 3.63) is 95.6 Å². The van der Waals surface area contributed by atoms with Crippen LogP contribution in [0.4, 0.5) is 0 Å². The number of piperazine rings is 1. The quantitative estimate of drug-likeness (QED) is 0.377. The molecule has 0 spiro atoms. The van der Waals surface area contributed by atoms with E-state index in [9.17, 15) is 9.59 Å². The second-order valence-corrected chi connectivity index (χ2v) is 8.41. The van der Waals surface area contributed by atoms with E-state index in [4.69, 9.17) is 11.1 Å². The summed E-state index contributed by atoms with van der Waals surface area (Å²) in [5.74, 6) is -0.145. The molecule has 0 unspecified atom stereocenters. The van der Waals surface area contributed by atoms with Gasteiger partial charge in [0.1, 0.15) is 12.4 Å². The monoisotopic (exact) mass is 436 g/mol. The lowest BCUT2D eigenvalue weighted by molar-refractivity contribution is -0.135. The van der Waals surface area contributed by atoms with Gasteiger partial charge >= 0.3 is 0 Å². The molecular weight excluding hydrogens is 412 g/mol. The molecule has 1 fully saturated rings. The number of benzene rings is 4. The van der Waals surface area contributed by atoms with Crippen molar-refractivity contribution >= 4 is 39.2 Å². The van der Waals surface area contributed by atoms with Crippen LogP contribution in [0.2, 0.25) is 0 Å². The van der Waals surface area contributed by atoms with E-state index in [2.05, 4.69) is 0 Å². The van der Waals surface area contributed by atoms with E-state index >= 15 is 0 Å². The van der Waals surface area contributed by atoms with E-state index in [0.717, 1.165) is 27.1 Å². The average Bonchev–Trinajstić information content (AvgIpc) is 2.84. The standard InChI is InChI=1S/C27H24N4O2/c28-26(29)22-9-7-20-6-5-18(13-24(20)15-22)16-30-11-12-31(17-25(30)32)27(33)23-10-8-19-3-1-2-4-21(19)14-23/h1-10,13-15H,11-12,16-17H2,(H3,28,29). The number of hydrogen-bond donors (Lipinski definition) is 2. The summed E-state index contributed by atoms with van der Waals surface area (Å²) < 4.78 is 0. The summed E-state index contributed by atoms with van der Waals surface area (Å²) in [6.07, 6.45) is 0. The number of nitrogens with two attached hydrogens (primary N) is 1. The number of amides is 2. The number of nitrogens with zero attached hydrogens (tertiary/aromatic N) is 2. The average molecular weight is 437 g/mol. The SMILES string of the molecule is N=C(N)c1ccc2ccc(CN3CCN(C(=O)c4ccc5ccccc5c4)CC3=O)cc2c1. The highest BCUT2D eigenvalue weighted by molar-refractivity contribution is 6.01. The van der Waals surface area contributed by atoms with E-state index in [-0.39, 0.29) is 24.2 Å². The maximum absolute atomic E-state index is 13.0. The fourth-order valence-electron chi connectivity index (χ4n) is 4.34. The van der Waals surface area contributed by atoms with Crippen molar-refractivity contribution in [2.45, 2.75) is 6.54 Å². The van der Waals surface area contributed by atoms with Gasteiger partial charge in [0, 0.05) is 30.8 Å². The molecule has 33 heavy (non-hydrogen) atoms. The first-order valence-electron chi connectivity index (χ1n) is 10.9. The molecule has 1 aliphatic rings. The number of carbonyl (C=O) groups excluding carboxylic acids is 2. The van der Waals surface area contributed by atoms with Gasteiger partial charge in [-0.1, -0.05) is 54.6 Å². The van der Waals surface area contributed by atoms with Gasteiger partial charge in [0.05, 0.1) is 0 Å². The van der Waals surface area contributed by atoms with Gasteiger partial charge in [-0.25, -0.2) is 0 Å². The summed E-state index contributed by atoms with van der Waals surface area (Å²) in [5.41, 5.74) is 7.90. The van der Waals surface area contributed by atoms with E-state index in [1.807, 2.05) is 78.9 Å². The van der Waals surface area contributed by atoms with Gasteiger partial charge < -0.3 is 15.5 Å². The molecule has 4 aromatic rings. The second-order valence-electron chi connectivity index (χ2n) is 8.41. The smallest absolute Gasteiger partial charge is 0.254 e. The molecule has 5 rings (SSSR count). The topological polar surface area (TPSA) is 90.5 Å². The highest BCUT2D eigenvalue weighted by atomic mass is 16.2. The summed E-state index contributed by atoms with van der Waals surface area (Å²) >= 11 is 0. The van der Waals surface area contributed by atoms with Gasteiger partial charge in [0.15, 0.2) is 0 Å². The van der Waals surface area contributed by atoms with Crippen LogP contribution < -0.4 is 5.73 Å². The van der Waals surface area contributed by atoms with Crippen molar-refractivity contribution in [2.75, 3.05) is 19.6 Å². The first-order chi connectivity index (χ1) is 16.0. The Bertz CT molecular complexity index is 1410. The van der Waals surface area contributed by atoms with Crippen molar-refractivity contribution in [2.24, 2.45) is 5.73 Å². The molecule has 0 radical (unpaired) electrons. The highest BCUT2D eigenvalue weighted by Crippen LogP contribution is 2.21. The minimum Gasteiger partial charge on any atom is -0.384 e. The molecule has 1 saturated heterocycles. The second kappa shape index (κ2) is 8.39. The van der Waals surface area contributed by atoms with Crippen molar-refractivity contribution < 1.29 is 9.59 Å². The van der Waals surface area contributed by atoms with Crippen LogP contribution in [0.5, 0.6) is 0 Å². The molecule has 4 aromatic carbocycles. The Balaban J connectivity index is 1.28. The van der Waals surface area contributed by atoms with Crippen molar-refractivity contribution in [3.63, 3.8) is 0 Å². The molecule has 0 aliphatic carbocycles. The zero-order valence-electron chi connectivity index (χ0n) is 18.1. The zero-order valence-corrected chi connectivity index (χ0v) is 18.1. The Labute approximate surface area is 191 Å². The van der Waals surface area contributed by atoms with Crippen molar-refractivity contribution in [1.29, 1.82) is 5.41 Å². The molecule has 2 amide bonds. The van der Waals surface area contributed by atoms with Crippen LogP contribution in [-0.4, -0.2) is 47.1 Å². The van der Waals surface area contributed by atoms with E-state index in [0.29, 0.717) is 30.8 Å². The Morgan fingerprint density at radius 3 is 2.24 bits per heavy atom. The van der Waals surface area contributed by atoms with Crippen LogP contribution in [0.3, 0.4) is 0 Å². The minimum absolute atomic E-state index is 0.0321. The number of carbonyl (C=O) groups is 2. The summed E-state index contributed by atoms with van der Waals surface area (Å²) in [4.78, 5) is 29.3. The number of nitrogens with one attached hydrogen (secondary N) is 1. The predicted molar refractivity (Wildman–Crippen MR) is 130 cm³/mol. The van der Waals surface area contributed by atoms with Gasteiger partial charge in [-0.15, -0.1) is 0 Å². The van der Waals surface area contributed by atoms with Crippen LogP contribution in [0, 0.1) is 5.41 Å². The largest absolute Gasteiger partial charge is 0.384 e. The van der Waals surface area contributed by atoms with Gasteiger partial charge in [-0.05, 0) is 51.4 Å². The molecule has 0 aromatic heterocycles. The van der Waals surface area contributed by atoms with E-state index in [1.54, 1.807) is 9.80 Å². The maximum Gasteiger partial charge on any atom is 0.254 e. The Morgan fingerprint density at radius 1 is 0.818 bits per heavy atom. The Kier molecular flexibility index (Phi) is 5.26. The number of hydrogen-bond acceptors (Lipinski definition) is 3. The van der Waals surface area contributed by atoms with Crippen LogP contribution in [0.25, 0.3) is 21.5 Å². The lowest BCUT2D eigenvalue weighted by Gasteiger charge is -2.34. The number of rotatable bonds is 4. The van der Waals surface area contributed by atoms with Crippen molar-refractivity contribution in [1.82, 2.24) is 9.80 Å². The Morgan fingerprint density at radius 2 is 1.48 bits per heavy atom. The normalized spacial score (nSPS) is 14.1. The third kappa shape index (κ3) is 4.15. The molecule has 1 heterocycles. The van der Waals surface area contributed by atoms with E-state index in [1.165, 1.54) is 0 Å². The minimum atomic E-state index is -0.115. The number of nitrogen functional groups attached to an aromatic ring is 1. The fraction of sp³-hybridized carbons (Fsp3) is 0.148. The molecule has 0 bridgehead atoms. The Hall–Kier alpha value is -4.19. The highest BCUT2D eigenvalue weighted by Gasteiger charge is 2.27. The van der Waals surface area contributed by atoms with Crippen LogP contribution in [-0.2, 0) is 11.3 Å². The van der Waals surface area contributed by atoms with Gasteiger partial charge in [-0.2, -0.15) is 0 Å². The molecule has 1 aliphatic heterocycles. The maximum atomic E-state index is 13.0. The summed E-state index contributed by atoms with van der Waals surface area (Å²) in [6.45, 7) is 1.55.